The molecule has 0 saturated heterocycles. The second-order valence-corrected chi connectivity index (χ2v) is 6.67. The molecule has 6 nitrogen and oxygen atoms in total. The van der Waals surface area contributed by atoms with Gasteiger partial charge in [-0.1, -0.05) is 13.8 Å². The number of nitrogens with one attached hydrogen (secondary N) is 1. The van der Waals surface area contributed by atoms with Crippen molar-refractivity contribution in [2.75, 3.05) is 0 Å². The van der Waals surface area contributed by atoms with Gasteiger partial charge in [-0.05, 0) is 24.5 Å². The highest BCUT2D eigenvalue weighted by Crippen LogP contribution is 2.32. The molecule has 0 saturated carbocycles. The van der Waals surface area contributed by atoms with E-state index in [9.17, 15) is 26.4 Å². The fourth-order valence-electron chi connectivity index (χ4n) is 1.74. The first-order valence-electron chi connectivity index (χ1n) is 6.22. The Morgan fingerprint density at radius 3 is 2.45 bits per heavy atom. The Kier molecular flexibility index (Phi) is 5.52. The SMILES string of the molecule is CC(C)CC(NS(=O)(=O)c1cccnc1C(F)(F)F)C(=O)O. The van der Waals surface area contributed by atoms with Crippen LogP contribution in [0.25, 0.3) is 0 Å². The van der Waals surface area contributed by atoms with Crippen LogP contribution >= 0.6 is 0 Å². The average molecular weight is 340 g/mol. The van der Waals surface area contributed by atoms with Crippen LogP contribution in [0.4, 0.5) is 13.2 Å². The quantitative estimate of drug-likeness (QED) is 0.824. The van der Waals surface area contributed by atoms with Crippen LogP contribution in [0.2, 0.25) is 0 Å². The minimum atomic E-state index is -4.97. The van der Waals surface area contributed by atoms with Crippen LogP contribution in [0, 0.1) is 5.92 Å². The molecular formula is C12H15F3N2O4S. The van der Waals surface area contributed by atoms with Crippen molar-refractivity contribution in [1.29, 1.82) is 0 Å². The molecule has 1 atom stereocenters. The van der Waals surface area contributed by atoms with Crippen LogP contribution in [-0.4, -0.2) is 30.5 Å². The van der Waals surface area contributed by atoms with Gasteiger partial charge in [-0.15, -0.1) is 0 Å². The first-order chi connectivity index (χ1) is 9.95. The van der Waals surface area contributed by atoms with Crippen LogP contribution in [0.1, 0.15) is 26.0 Å². The molecule has 1 unspecified atom stereocenters. The number of carboxylic acid groups (broad SMARTS) is 1. The van der Waals surface area contributed by atoms with E-state index in [1.807, 2.05) is 0 Å². The first kappa shape index (κ1) is 18.4. The number of hydrogen-bond acceptors (Lipinski definition) is 4. The number of alkyl halides is 3. The lowest BCUT2D eigenvalue weighted by atomic mass is 10.1. The summed E-state index contributed by atoms with van der Waals surface area (Å²) < 4.78 is 64.4. The summed E-state index contributed by atoms with van der Waals surface area (Å²) >= 11 is 0. The Balaban J connectivity index is 3.22. The van der Waals surface area contributed by atoms with E-state index in [4.69, 9.17) is 5.11 Å². The molecule has 0 aliphatic heterocycles. The predicted molar refractivity (Wildman–Crippen MR) is 70.4 cm³/mol. The van der Waals surface area contributed by atoms with E-state index in [1.165, 1.54) is 0 Å². The number of aliphatic carboxylic acids is 1. The zero-order valence-corrected chi connectivity index (χ0v) is 12.6. The smallest absolute Gasteiger partial charge is 0.434 e. The van der Waals surface area contributed by atoms with Gasteiger partial charge in [-0.25, -0.2) is 8.42 Å². The molecular weight excluding hydrogens is 325 g/mol. The predicted octanol–water partition coefficient (Wildman–Crippen LogP) is 1.88. The highest BCUT2D eigenvalue weighted by molar-refractivity contribution is 7.89. The maximum Gasteiger partial charge on any atom is 0.434 e. The van der Waals surface area contributed by atoms with E-state index < -0.39 is 38.8 Å². The van der Waals surface area contributed by atoms with Crippen molar-refractivity contribution in [1.82, 2.24) is 9.71 Å². The third-order valence-corrected chi connectivity index (χ3v) is 4.13. The van der Waals surface area contributed by atoms with Crippen molar-refractivity contribution in [3.63, 3.8) is 0 Å². The summed E-state index contributed by atoms with van der Waals surface area (Å²) in [6.07, 6.45) is -4.22. The van der Waals surface area contributed by atoms with Crippen molar-refractivity contribution in [3.8, 4) is 0 Å². The Hall–Kier alpha value is -1.68. The highest BCUT2D eigenvalue weighted by Gasteiger charge is 2.39. The second kappa shape index (κ2) is 6.61. The number of sulfonamides is 1. The lowest BCUT2D eigenvalue weighted by Crippen LogP contribution is -2.42. The molecule has 22 heavy (non-hydrogen) atoms. The van der Waals surface area contributed by atoms with Crippen LogP contribution < -0.4 is 4.72 Å². The first-order valence-corrected chi connectivity index (χ1v) is 7.71. The van der Waals surface area contributed by atoms with Crippen molar-refractivity contribution >= 4 is 16.0 Å². The molecule has 0 bridgehead atoms. The van der Waals surface area contributed by atoms with Gasteiger partial charge in [0.05, 0.1) is 0 Å². The molecule has 0 amide bonds. The van der Waals surface area contributed by atoms with Crippen LogP contribution in [0.5, 0.6) is 0 Å². The van der Waals surface area contributed by atoms with Crippen molar-refractivity contribution in [2.24, 2.45) is 5.92 Å². The van der Waals surface area contributed by atoms with Gasteiger partial charge in [0.15, 0.2) is 5.69 Å². The molecule has 1 aromatic rings. The summed E-state index contributed by atoms with van der Waals surface area (Å²) in [5.41, 5.74) is -1.59. The van der Waals surface area contributed by atoms with E-state index in [-0.39, 0.29) is 12.3 Å². The van der Waals surface area contributed by atoms with Crippen LogP contribution in [0.15, 0.2) is 23.2 Å². The van der Waals surface area contributed by atoms with E-state index >= 15 is 0 Å². The molecule has 0 radical (unpaired) electrons. The summed E-state index contributed by atoms with van der Waals surface area (Å²) in [4.78, 5) is 13.0. The zero-order chi connectivity index (χ0) is 17.1. The number of nitrogens with zero attached hydrogens (tertiary/aromatic N) is 1. The van der Waals surface area contributed by atoms with Gasteiger partial charge in [-0.2, -0.15) is 17.9 Å². The molecule has 0 fully saturated rings. The number of carbonyl (C=O) groups is 1. The minimum Gasteiger partial charge on any atom is -0.480 e. The minimum absolute atomic E-state index is 0.0593. The third-order valence-electron chi connectivity index (χ3n) is 2.63. The van der Waals surface area contributed by atoms with Crippen LogP contribution in [-0.2, 0) is 21.0 Å². The summed E-state index contributed by atoms with van der Waals surface area (Å²) in [5, 5.41) is 9.00. The molecule has 2 N–H and O–H groups in total. The third kappa shape index (κ3) is 4.67. The molecule has 0 aliphatic rings. The van der Waals surface area contributed by atoms with Gasteiger partial charge in [0.1, 0.15) is 10.9 Å². The maximum atomic E-state index is 12.8. The Labute approximate surface area is 125 Å². The van der Waals surface area contributed by atoms with Gasteiger partial charge < -0.3 is 5.11 Å². The fraction of sp³-hybridized carbons (Fsp3) is 0.500. The summed E-state index contributed by atoms with van der Waals surface area (Å²) in [6, 6.07) is 0.236. The van der Waals surface area contributed by atoms with Gasteiger partial charge in [0.2, 0.25) is 10.0 Å². The van der Waals surface area contributed by atoms with Crippen molar-refractivity contribution in [2.45, 2.75) is 37.4 Å². The van der Waals surface area contributed by atoms with Crippen molar-refractivity contribution in [3.05, 3.63) is 24.0 Å². The highest BCUT2D eigenvalue weighted by atomic mass is 32.2. The lowest BCUT2D eigenvalue weighted by Gasteiger charge is -2.18. The molecule has 124 valence electrons. The molecule has 0 aliphatic carbocycles. The number of pyridine rings is 1. The number of aromatic nitrogens is 1. The van der Waals surface area contributed by atoms with Crippen LogP contribution in [0.3, 0.4) is 0 Å². The Morgan fingerprint density at radius 2 is 2.00 bits per heavy atom. The summed E-state index contributed by atoms with van der Waals surface area (Å²) in [7, 11) is -4.68. The number of hydrogen-bond donors (Lipinski definition) is 2. The molecule has 1 rings (SSSR count). The molecule has 1 heterocycles. The van der Waals surface area contributed by atoms with E-state index in [1.54, 1.807) is 18.6 Å². The molecule has 10 heteroatoms. The van der Waals surface area contributed by atoms with Gasteiger partial charge in [-0.3, -0.25) is 9.78 Å². The molecule has 0 aromatic carbocycles. The second-order valence-electron chi connectivity index (χ2n) is 4.99. The number of carboxylic acids is 1. The number of halogens is 3. The normalized spacial score (nSPS) is 14.1. The van der Waals surface area contributed by atoms with Crippen molar-refractivity contribution < 1.29 is 31.5 Å². The van der Waals surface area contributed by atoms with Gasteiger partial charge in [0.25, 0.3) is 0 Å². The maximum absolute atomic E-state index is 12.8. The van der Waals surface area contributed by atoms with Gasteiger partial charge in [0, 0.05) is 6.20 Å². The topological polar surface area (TPSA) is 96.4 Å². The summed E-state index contributed by atoms with van der Waals surface area (Å²) in [5.74, 6) is -1.63. The zero-order valence-electron chi connectivity index (χ0n) is 11.8. The van der Waals surface area contributed by atoms with Gasteiger partial charge >= 0.3 is 12.1 Å². The summed E-state index contributed by atoms with van der Waals surface area (Å²) in [6.45, 7) is 3.32. The monoisotopic (exact) mass is 340 g/mol. The average Bonchev–Trinajstić information content (AvgIpc) is 2.36. The molecule has 1 aromatic heterocycles. The fourth-order valence-corrected chi connectivity index (χ4v) is 3.12. The lowest BCUT2D eigenvalue weighted by molar-refractivity contribution is -0.143. The number of rotatable bonds is 6. The Morgan fingerprint density at radius 1 is 1.41 bits per heavy atom. The van der Waals surface area contributed by atoms with E-state index in [2.05, 4.69) is 4.98 Å². The Bertz CT molecular complexity index is 644. The van der Waals surface area contributed by atoms with E-state index in [0.717, 1.165) is 18.3 Å². The molecule has 0 spiro atoms. The largest absolute Gasteiger partial charge is 0.480 e. The van der Waals surface area contributed by atoms with E-state index in [0.29, 0.717) is 0 Å². The standard InChI is InChI=1S/C12H15F3N2O4S/c1-7(2)6-8(11(18)19)17-22(20,21)9-4-3-5-16-10(9)12(13,14)15/h3-5,7-8,17H,6H2,1-2H3,(H,18,19).